The number of carboxylic acids is 1. The minimum absolute atomic E-state index is 0.0601. The number of amides is 1. The second kappa shape index (κ2) is 9.03. The van der Waals surface area contributed by atoms with Crippen LogP contribution in [0.15, 0.2) is 24.3 Å². The molecule has 2 aliphatic rings. The van der Waals surface area contributed by atoms with Crippen molar-refractivity contribution in [3.63, 3.8) is 0 Å². The van der Waals surface area contributed by atoms with Gasteiger partial charge in [0.05, 0.1) is 5.92 Å². The van der Waals surface area contributed by atoms with Gasteiger partial charge in [0.25, 0.3) is 0 Å². The van der Waals surface area contributed by atoms with Crippen LogP contribution in [0.5, 0.6) is 5.75 Å². The van der Waals surface area contributed by atoms with Crippen molar-refractivity contribution < 1.29 is 19.4 Å². The number of piperidine rings is 1. The van der Waals surface area contributed by atoms with E-state index in [1.54, 1.807) is 4.90 Å². The van der Waals surface area contributed by atoms with Crippen LogP contribution in [0.1, 0.15) is 31.2 Å². The molecule has 1 atom stereocenters. The number of benzene rings is 1. The number of nitrogens with zero attached hydrogens (tertiary/aromatic N) is 2. The minimum Gasteiger partial charge on any atom is -0.492 e. The summed E-state index contributed by atoms with van der Waals surface area (Å²) in [5.74, 6) is -0.630. The molecule has 6 heteroatoms. The molecule has 3 rings (SSSR count). The predicted molar refractivity (Wildman–Crippen MR) is 98.3 cm³/mol. The maximum Gasteiger partial charge on any atom is 0.308 e. The smallest absolute Gasteiger partial charge is 0.308 e. The van der Waals surface area contributed by atoms with Gasteiger partial charge in [-0.05, 0) is 50.0 Å². The molecule has 0 aromatic heterocycles. The molecule has 2 saturated heterocycles. The molecule has 0 saturated carbocycles. The van der Waals surface area contributed by atoms with Gasteiger partial charge < -0.3 is 14.7 Å². The SMILES string of the molecule is O=C(O)C1CC(=O)N(CCc2ccc(OCCN3CCCCC3)cc2)C1. The normalized spacial score (nSPS) is 21.2. The van der Waals surface area contributed by atoms with Gasteiger partial charge >= 0.3 is 5.97 Å². The first-order valence-electron chi connectivity index (χ1n) is 9.56. The van der Waals surface area contributed by atoms with Gasteiger partial charge in [0.15, 0.2) is 0 Å². The van der Waals surface area contributed by atoms with E-state index in [2.05, 4.69) is 4.90 Å². The lowest BCUT2D eigenvalue weighted by atomic mass is 10.1. The summed E-state index contributed by atoms with van der Waals surface area (Å²) in [6.07, 6.45) is 4.78. The summed E-state index contributed by atoms with van der Waals surface area (Å²) in [6.45, 7) is 4.94. The van der Waals surface area contributed by atoms with Crippen molar-refractivity contribution in [1.82, 2.24) is 9.80 Å². The Morgan fingerprint density at radius 2 is 1.85 bits per heavy atom. The third-order valence-corrected chi connectivity index (χ3v) is 5.28. The Kier molecular flexibility index (Phi) is 6.50. The van der Waals surface area contributed by atoms with Crippen molar-refractivity contribution in [2.75, 3.05) is 39.3 Å². The van der Waals surface area contributed by atoms with E-state index in [-0.39, 0.29) is 12.3 Å². The average Bonchev–Trinajstić information content (AvgIpc) is 3.03. The zero-order valence-electron chi connectivity index (χ0n) is 15.2. The first-order valence-corrected chi connectivity index (χ1v) is 9.56. The Hall–Kier alpha value is -2.08. The summed E-state index contributed by atoms with van der Waals surface area (Å²) < 4.78 is 5.83. The zero-order valence-corrected chi connectivity index (χ0v) is 15.2. The molecular weight excluding hydrogens is 332 g/mol. The quantitative estimate of drug-likeness (QED) is 0.768. The lowest BCUT2D eigenvalue weighted by molar-refractivity contribution is -0.141. The van der Waals surface area contributed by atoms with Crippen LogP contribution in [0.4, 0.5) is 0 Å². The van der Waals surface area contributed by atoms with Gasteiger partial charge in [-0.1, -0.05) is 18.6 Å². The van der Waals surface area contributed by atoms with Crippen LogP contribution >= 0.6 is 0 Å². The second-order valence-corrected chi connectivity index (χ2v) is 7.22. The van der Waals surface area contributed by atoms with Crippen molar-refractivity contribution in [1.29, 1.82) is 0 Å². The molecule has 1 amide bonds. The Morgan fingerprint density at radius 1 is 1.12 bits per heavy atom. The van der Waals surface area contributed by atoms with E-state index >= 15 is 0 Å². The Labute approximate surface area is 154 Å². The summed E-state index contributed by atoms with van der Waals surface area (Å²) in [6, 6.07) is 7.98. The van der Waals surface area contributed by atoms with Crippen molar-refractivity contribution in [2.45, 2.75) is 32.1 Å². The Morgan fingerprint density at radius 3 is 2.50 bits per heavy atom. The molecular formula is C20H28N2O4. The number of hydrogen-bond donors (Lipinski definition) is 1. The van der Waals surface area contributed by atoms with Crippen LogP contribution in [0, 0.1) is 5.92 Å². The van der Waals surface area contributed by atoms with Gasteiger partial charge in [-0.25, -0.2) is 0 Å². The third kappa shape index (κ3) is 5.21. The molecule has 1 N–H and O–H groups in total. The van der Waals surface area contributed by atoms with Crippen LogP contribution in [-0.2, 0) is 16.0 Å². The standard InChI is InChI=1S/C20H28N2O4/c23-19-14-17(20(24)25)15-22(19)11-8-16-4-6-18(7-5-16)26-13-12-21-9-2-1-3-10-21/h4-7,17H,1-3,8-15H2,(H,24,25). The highest BCUT2D eigenvalue weighted by molar-refractivity contribution is 5.86. The van der Waals surface area contributed by atoms with Gasteiger partial charge in [-0.15, -0.1) is 0 Å². The molecule has 26 heavy (non-hydrogen) atoms. The molecule has 0 bridgehead atoms. The van der Waals surface area contributed by atoms with Gasteiger partial charge in [-0.2, -0.15) is 0 Å². The molecule has 2 heterocycles. The molecule has 6 nitrogen and oxygen atoms in total. The molecule has 1 aromatic rings. The second-order valence-electron chi connectivity index (χ2n) is 7.22. The molecule has 1 aromatic carbocycles. The monoisotopic (exact) mass is 360 g/mol. The van der Waals surface area contributed by atoms with E-state index in [4.69, 9.17) is 9.84 Å². The van der Waals surface area contributed by atoms with Gasteiger partial charge in [0.1, 0.15) is 12.4 Å². The molecule has 142 valence electrons. The van der Waals surface area contributed by atoms with Crippen molar-refractivity contribution >= 4 is 11.9 Å². The lowest BCUT2D eigenvalue weighted by Crippen LogP contribution is -2.33. The summed E-state index contributed by atoms with van der Waals surface area (Å²) in [5, 5.41) is 9.02. The highest BCUT2D eigenvalue weighted by Gasteiger charge is 2.33. The number of aliphatic carboxylic acids is 1. The molecule has 2 fully saturated rings. The van der Waals surface area contributed by atoms with E-state index in [0.717, 1.165) is 24.3 Å². The zero-order chi connectivity index (χ0) is 18.4. The number of likely N-dealkylation sites (tertiary alicyclic amines) is 2. The fourth-order valence-electron chi connectivity index (χ4n) is 3.65. The van der Waals surface area contributed by atoms with E-state index < -0.39 is 11.9 Å². The first-order chi connectivity index (χ1) is 12.6. The van der Waals surface area contributed by atoms with Crippen LogP contribution in [0.3, 0.4) is 0 Å². The Balaban J connectivity index is 1.39. The molecule has 0 spiro atoms. The topological polar surface area (TPSA) is 70.1 Å². The minimum atomic E-state index is -0.882. The maximum atomic E-state index is 11.9. The number of carbonyl (C=O) groups excluding carboxylic acids is 1. The van der Waals surface area contributed by atoms with Crippen LogP contribution in [0.2, 0.25) is 0 Å². The van der Waals surface area contributed by atoms with Crippen molar-refractivity contribution in [3.05, 3.63) is 29.8 Å². The highest BCUT2D eigenvalue weighted by atomic mass is 16.5. The highest BCUT2D eigenvalue weighted by Crippen LogP contribution is 2.19. The molecule has 1 unspecified atom stereocenters. The van der Waals surface area contributed by atoms with Crippen molar-refractivity contribution in [2.24, 2.45) is 5.92 Å². The number of carboxylic acid groups (broad SMARTS) is 1. The molecule has 2 aliphatic heterocycles. The lowest BCUT2D eigenvalue weighted by Gasteiger charge is -2.26. The summed E-state index contributed by atoms with van der Waals surface area (Å²) in [7, 11) is 0. The van der Waals surface area contributed by atoms with Gasteiger partial charge in [-0.3, -0.25) is 14.5 Å². The summed E-state index contributed by atoms with van der Waals surface area (Å²) in [5.41, 5.74) is 1.12. The number of ether oxygens (including phenoxy) is 1. The van der Waals surface area contributed by atoms with E-state index in [1.165, 1.54) is 32.4 Å². The fraction of sp³-hybridized carbons (Fsp3) is 0.600. The molecule has 0 radical (unpaired) electrons. The predicted octanol–water partition coefficient (Wildman–Crippen LogP) is 2.03. The van der Waals surface area contributed by atoms with Crippen molar-refractivity contribution in [3.8, 4) is 5.75 Å². The van der Waals surface area contributed by atoms with Crippen LogP contribution in [-0.4, -0.2) is 66.1 Å². The van der Waals surface area contributed by atoms with Gasteiger partial charge in [0.2, 0.25) is 5.91 Å². The third-order valence-electron chi connectivity index (χ3n) is 5.28. The summed E-state index contributed by atoms with van der Waals surface area (Å²) >= 11 is 0. The molecule has 0 aliphatic carbocycles. The van der Waals surface area contributed by atoms with Crippen LogP contribution in [0.25, 0.3) is 0 Å². The van der Waals surface area contributed by atoms with E-state index in [9.17, 15) is 9.59 Å². The maximum absolute atomic E-state index is 11.9. The average molecular weight is 360 g/mol. The largest absolute Gasteiger partial charge is 0.492 e. The number of carbonyl (C=O) groups is 2. The number of rotatable bonds is 8. The first kappa shape index (κ1) is 18.7. The van der Waals surface area contributed by atoms with E-state index in [0.29, 0.717) is 19.7 Å². The van der Waals surface area contributed by atoms with Gasteiger partial charge in [0, 0.05) is 26.1 Å². The van der Waals surface area contributed by atoms with Crippen LogP contribution < -0.4 is 4.74 Å². The Bertz CT molecular complexity index is 611. The summed E-state index contributed by atoms with van der Waals surface area (Å²) in [4.78, 5) is 27.0. The van der Waals surface area contributed by atoms with E-state index in [1.807, 2.05) is 24.3 Å². The number of hydrogen-bond acceptors (Lipinski definition) is 4. The fourth-order valence-corrected chi connectivity index (χ4v) is 3.65.